The van der Waals surface area contributed by atoms with Crippen LogP contribution in [0.3, 0.4) is 0 Å². The molecule has 0 spiro atoms. The average molecular weight is 233 g/mol. The zero-order valence-electron chi connectivity index (χ0n) is 8.38. The van der Waals surface area contributed by atoms with Gasteiger partial charge in [-0.15, -0.1) is 0 Å². The molecule has 3 nitrogen and oxygen atoms in total. The van der Waals surface area contributed by atoms with Crippen LogP contribution < -0.4 is 0 Å². The molecule has 0 aliphatic heterocycles. The van der Waals surface area contributed by atoms with Crippen molar-refractivity contribution in [3.63, 3.8) is 0 Å². The minimum absolute atomic E-state index is 0.204. The van der Waals surface area contributed by atoms with E-state index in [4.69, 9.17) is 11.6 Å². The third-order valence-corrected chi connectivity index (χ3v) is 2.39. The fraction of sp³-hybridized carbons (Fsp3) is 0. The number of rotatable bonds is 2. The lowest BCUT2D eigenvalue weighted by molar-refractivity contribution is 0.0955. The summed E-state index contributed by atoms with van der Waals surface area (Å²) in [6.45, 7) is 0. The Kier molecular flexibility index (Phi) is 3.17. The number of carbonyl (C=O) groups excluding carboxylic acids is 1. The van der Waals surface area contributed by atoms with E-state index in [-0.39, 0.29) is 5.91 Å². The van der Waals surface area contributed by atoms with Gasteiger partial charge in [0.2, 0.25) is 0 Å². The molecule has 1 heterocycles. The number of halogens is 1. The van der Waals surface area contributed by atoms with E-state index >= 15 is 0 Å². The molecule has 0 N–H and O–H groups in total. The predicted molar refractivity (Wildman–Crippen MR) is 63.3 cm³/mol. The van der Waals surface area contributed by atoms with Crippen molar-refractivity contribution in [2.75, 3.05) is 0 Å². The molecule has 0 aliphatic carbocycles. The van der Waals surface area contributed by atoms with E-state index in [0.717, 1.165) is 5.56 Å². The largest absolute Gasteiger partial charge is 0.270 e. The van der Waals surface area contributed by atoms with Crippen molar-refractivity contribution in [3.8, 4) is 0 Å². The number of nitrogens with zero attached hydrogens (tertiary/aromatic N) is 2. The molecule has 4 heteroatoms. The van der Waals surface area contributed by atoms with Gasteiger partial charge in [0.25, 0.3) is 5.91 Å². The maximum atomic E-state index is 11.6. The molecule has 16 heavy (non-hydrogen) atoms. The first-order chi connectivity index (χ1) is 7.77. The molecule has 0 bridgehead atoms. The number of carbonyl (C=O) groups is 1. The van der Waals surface area contributed by atoms with Crippen LogP contribution in [0.2, 0.25) is 5.02 Å². The summed E-state index contributed by atoms with van der Waals surface area (Å²) in [5.41, 5.74) is 0.810. The Morgan fingerprint density at radius 1 is 1.31 bits per heavy atom. The van der Waals surface area contributed by atoms with Crippen LogP contribution in [0.25, 0.3) is 6.08 Å². The normalized spacial score (nSPS) is 10.8. The Balaban J connectivity index is 2.16. The van der Waals surface area contributed by atoms with Crippen LogP contribution in [0, 0.1) is 0 Å². The lowest BCUT2D eigenvalue weighted by atomic mass is 10.2. The highest BCUT2D eigenvalue weighted by Crippen LogP contribution is 2.16. The predicted octanol–water partition coefficient (Wildman–Crippen LogP) is 2.89. The summed E-state index contributed by atoms with van der Waals surface area (Å²) in [5, 5.41) is 4.45. The van der Waals surface area contributed by atoms with Gasteiger partial charge in [-0.05, 0) is 23.8 Å². The van der Waals surface area contributed by atoms with E-state index in [2.05, 4.69) is 5.10 Å². The standard InChI is InChI=1S/C12H9ClN2O/c13-11-5-2-1-4-10(11)6-7-12(16)15-9-3-8-14-15/h1-9H/b7-6-. The summed E-state index contributed by atoms with van der Waals surface area (Å²) in [5.74, 6) is -0.204. The zero-order chi connectivity index (χ0) is 11.4. The van der Waals surface area contributed by atoms with Crippen LogP contribution in [0.1, 0.15) is 10.4 Å². The third kappa shape index (κ3) is 2.38. The molecule has 0 atom stereocenters. The minimum atomic E-state index is -0.204. The molecular weight excluding hydrogens is 224 g/mol. The Bertz CT molecular complexity index is 518. The molecule has 2 rings (SSSR count). The number of benzene rings is 1. The molecule has 0 amide bonds. The Hall–Kier alpha value is -1.87. The molecule has 0 fully saturated rings. The van der Waals surface area contributed by atoms with Gasteiger partial charge in [0.1, 0.15) is 0 Å². The molecule has 0 saturated carbocycles. The second-order valence-electron chi connectivity index (χ2n) is 3.14. The summed E-state index contributed by atoms with van der Waals surface area (Å²) in [4.78, 5) is 11.6. The average Bonchev–Trinajstić information content (AvgIpc) is 2.81. The highest BCUT2D eigenvalue weighted by atomic mass is 35.5. The van der Waals surface area contributed by atoms with Gasteiger partial charge < -0.3 is 0 Å². The number of allylic oxidation sites excluding steroid dienone is 1. The van der Waals surface area contributed by atoms with E-state index in [9.17, 15) is 4.79 Å². The molecule has 0 aliphatic rings. The lowest BCUT2D eigenvalue weighted by Crippen LogP contribution is -2.06. The summed E-state index contributed by atoms with van der Waals surface area (Å²) in [7, 11) is 0. The van der Waals surface area contributed by atoms with Gasteiger partial charge >= 0.3 is 0 Å². The summed E-state index contributed by atoms with van der Waals surface area (Å²) >= 11 is 5.95. The Morgan fingerprint density at radius 2 is 2.12 bits per heavy atom. The van der Waals surface area contributed by atoms with E-state index in [1.807, 2.05) is 18.2 Å². The molecule has 2 aromatic rings. The van der Waals surface area contributed by atoms with Crippen molar-refractivity contribution in [1.82, 2.24) is 9.78 Å². The van der Waals surface area contributed by atoms with Crippen molar-refractivity contribution < 1.29 is 4.79 Å². The quantitative estimate of drug-likeness (QED) is 0.747. The fourth-order valence-electron chi connectivity index (χ4n) is 1.25. The first-order valence-electron chi connectivity index (χ1n) is 4.74. The minimum Gasteiger partial charge on any atom is -0.267 e. The molecule has 80 valence electrons. The van der Waals surface area contributed by atoms with Crippen molar-refractivity contribution >= 4 is 23.6 Å². The van der Waals surface area contributed by atoms with Gasteiger partial charge in [0.15, 0.2) is 0 Å². The van der Waals surface area contributed by atoms with Gasteiger partial charge in [-0.1, -0.05) is 29.8 Å². The lowest BCUT2D eigenvalue weighted by Gasteiger charge is -1.96. The van der Waals surface area contributed by atoms with Crippen LogP contribution in [-0.4, -0.2) is 15.7 Å². The second kappa shape index (κ2) is 4.77. The third-order valence-electron chi connectivity index (χ3n) is 2.04. The monoisotopic (exact) mass is 232 g/mol. The van der Waals surface area contributed by atoms with Gasteiger partial charge in [0.05, 0.1) is 0 Å². The second-order valence-corrected chi connectivity index (χ2v) is 3.55. The maximum absolute atomic E-state index is 11.6. The molecular formula is C12H9ClN2O. The van der Waals surface area contributed by atoms with Gasteiger partial charge in [-0.2, -0.15) is 5.10 Å². The van der Waals surface area contributed by atoms with E-state index in [1.54, 1.807) is 30.6 Å². The highest BCUT2D eigenvalue weighted by molar-refractivity contribution is 6.32. The van der Waals surface area contributed by atoms with Crippen molar-refractivity contribution in [3.05, 3.63) is 59.4 Å². The van der Waals surface area contributed by atoms with Crippen molar-refractivity contribution in [1.29, 1.82) is 0 Å². The molecule has 1 aromatic carbocycles. The van der Waals surface area contributed by atoms with Gasteiger partial charge in [-0.25, -0.2) is 4.68 Å². The van der Waals surface area contributed by atoms with E-state index in [0.29, 0.717) is 5.02 Å². The summed E-state index contributed by atoms with van der Waals surface area (Å²) in [6.07, 6.45) is 6.26. The van der Waals surface area contributed by atoms with Crippen molar-refractivity contribution in [2.45, 2.75) is 0 Å². The van der Waals surface area contributed by atoms with Crippen molar-refractivity contribution in [2.24, 2.45) is 0 Å². The fourth-order valence-corrected chi connectivity index (χ4v) is 1.45. The summed E-state index contributed by atoms with van der Waals surface area (Å²) < 4.78 is 1.26. The van der Waals surface area contributed by atoms with E-state index < -0.39 is 0 Å². The van der Waals surface area contributed by atoms with Gasteiger partial charge in [0, 0.05) is 23.5 Å². The molecule has 1 aromatic heterocycles. The molecule has 0 unspecified atom stereocenters. The Morgan fingerprint density at radius 3 is 2.81 bits per heavy atom. The highest BCUT2D eigenvalue weighted by Gasteiger charge is 1.99. The smallest absolute Gasteiger partial charge is 0.267 e. The van der Waals surface area contributed by atoms with Crippen LogP contribution in [-0.2, 0) is 0 Å². The topological polar surface area (TPSA) is 34.9 Å². The molecule has 0 radical (unpaired) electrons. The maximum Gasteiger partial charge on any atom is 0.270 e. The first-order valence-corrected chi connectivity index (χ1v) is 5.12. The number of hydrogen-bond acceptors (Lipinski definition) is 2. The van der Waals surface area contributed by atoms with Crippen LogP contribution >= 0.6 is 11.6 Å². The van der Waals surface area contributed by atoms with E-state index in [1.165, 1.54) is 10.8 Å². The summed E-state index contributed by atoms with van der Waals surface area (Å²) in [6, 6.07) is 9.02. The zero-order valence-corrected chi connectivity index (χ0v) is 9.13. The number of hydrogen-bond donors (Lipinski definition) is 0. The molecule has 0 saturated heterocycles. The van der Waals surface area contributed by atoms with Gasteiger partial charge in [-0.3, -0.25) is 4.79 Å². The Labute approximate surface area is 98.0 Å². The number of aromatic nitrogens is 2. The van der Waals surface area contributed by atoms with Crippen LogP contribution in [0.15, 0.2) is 48.8 Å². The SMILES string of the molecule is O=C(/C=C\c1ccccc1Cl)n1cccn1. The first kappa shape index (κ1) is 10.6. The van der Waals surface area contributed by atoms with Crippen LogP contribution in [0.4, 0.5) is 0 Å². The van der Waals surface area contributed by atoms with Crippen LogP contribution in [0.5, 0.6) is 0 Å².